The summed E-state index contributed by atoms with van der Waals surface area (Å²) in [6.07, 6.45) is 0.827. The zero-order valence-electron chi connectivity index (χ0n) is 14.1. The van der Waals surface area contributed by atoms with Gasteiger partial charge in [-0.25, -0.2) is 9.18 Å². The number of rotatable bonds is 5. The van der Waals surface area contributed by atoms with Crippen LogP contribution < -0.4 is 20.3 Å². The van der Waals surface area contributed by atoms with Crippen LogP contribution in [-0.4, -0.2) is 50.4 Å². The van der Waals surface area contributed by atoms with E-state index in [-0.39, 0.29) is 30.9 Å². The van der Waals surface area contributed by atoms with Gasteiger partial charge >= 0.3 is 6.09 Å². The van der Waals surface area contributed by atoms with Crippen LogP contribution in [0, 0.1) is 5.82 Å². The molecular weight excluding hydrogens is 329 g/mol. The molecule has 2 aliphatic heterocycles. The van der Waals surface area contributed by atoms with Crippen LogP contribution in [0.15, 0.2) is 18.2 Å². The number of hydrogen-bond acceptors (Lipinski definition) is 5. The third-order valence-electron chi connectivity index (χ3n) is 4.23. The molecular formula is C17H22FN3O4. The van der Waals surface area contributed by atoms with Gasteiger partial charge in [0.25, 0.3) is 0 Å². The van der Waals surface area contributed by atoms with Crippen LogP contribution in [0.1, 0.15) is 19.8 Å². The fourth-order valence-corrected chi connectivity index (χ4v) is 2.95. The van der Waals surface area contributed by atoms with E-state index < -0.39 is 18.0 Å². The molecule has 2 heterocycles. The number of nitrogens with one attached hydrogen (secondary N) is 2. The molecule has 1 aromatic rings. The summed E-state index contributed by atoms with van der Waals surface area (Å²) in [5.74, 6) is -0.528. The smallest absolute Gasteiger partial charge is 0.414 e. The van der Waals surface area contributed by atoms with Crippen molar-refractivity contribution >= 4 is 17.7 Å². The fourth-order valence-electron chi connectivity index (χ4n) is 2.95. The first kappa shape index (κ1) is 17.5. The molecule has 0 aromatic heterocycles. The molecule has 2 fully saturated rings. The normalized spacial score (nSPS) is 23.3. The fraction of sp³-hybridized carbons (Fsp3) is 0.529. The number of anilines is 1. The molecule has 2 aliphatic rings. The lowest BCUT2D eigenvalue weighted by Gasteiger charge is -2.24. The van der Waals surface area contributed by atoms with Gasteiger partial charge in [-0.2, -0.15) is 0 Å². The van der Waals surface area contributed by atoms with Crippen molar-refractivity contribution in [3.05, 3.63) is 24.0 Å². The number of carbonyl (C=O) groups is 2. The van der Waals surface area contributed by atoms with E-state index in [0.717, 1.165) is 19.4 Å². The molecule has 2 N–H and O–H groups in total. The van der Waals surface area contributed by atoms with Crippen molar-refractivity contribution in [2.75, 3.05) is 31.1 Å². The summed E-state index contributed by atoms with van der Waals surface area (Å²) in [6, 6.07) is 4.44. The quantitative estimate of drug-likeness (QED) is 0.839. The average Bonchev–Trinajstić information content (AvgIpc) is 2.97. The van der Waals surface area contributed by atoms with Gasteiger partial charge in [0.15, 0.2) is 11.6 Å². The maximum atomic E-state index is 14.4. The molecule has 0 spiro atoms. The van der Waals surface area contributed by atoms with Crippen molar-refractivity contribution in [1.29, 1.82) is 0 Å². The van der Waals surface area contributed by atoms with Gasteiger partial charge in [-0.05, 0) is 31.5 Å². The maximum Gasteiger partial charge on any atom is 0.414 e. The number of halogens is 1. The van der Waals surface area contributed by atoms with Crippen LogP contribution in [0.2, 0.25) is 0 Å². The summed E-state index contributed by atoms with van der Waals surface area (Å²) < 4.78 is 25.2. The minimum absolute atomic E-state index is 0.0483. The molecule has 2 atom stereocenters. The van der Waals surface area contributed by atoms with Gasteiger partial charge in [0.2, 0.25) is 5.91 Å². The Morgan fingerprint density at radius 3 is 3.04 bits per heavy atom. The molecule has 7 nitrogen and oxygen atoms in total. The van der Waals surface area contributed by atoms with E-state index in [0.29, 0.717) is 12.2 Å². The highest BCUT2D eigenvalue weighted by Gasteiger charge is 2.32. The highest BCUT2D eigenvalue weighted by Crippen LogP contribution is 2.28. The third-order valence-corrected chi connectivity index (χ3v) is 4.23. The van der Waals surface area contributed by atoms with Crippen LogP contribution >= 0.6 is 0 Å². The monoisotopic (exact) mass is 351 g/mol. The van der Waals surface area contributed by atoms with Gasteiger partial charge in [-0.3, -0.25) is 9.69 Å². The Balaban J connectivity index is 1.63. The van der Waals surface area contributed by atoms with Crippen molar-refractivity contribution in [2.24, 2.45) is 0 Å². The molecule has 2 amide bonds. The average molecular weight is 351 g/mol. The van der Waals surface area contributed by atoms with Crippen molar-refractivity contribution in [3.63, 3.8) is 0 Å². The van der Waals surface area contributed by atoms with Crippen LogP contribution in [0.3, 0.4) is 0 Å². The second-order valence-corrected chi connectivity index (χ2v) is 6.25. The van der Waals surface area contributed by atoms with Crippen molar-refractivity contribution < 1.29 is 23.5 Å². The van der Waals surface area contributed by atoms with Gasteiger partial charge in [-0.1, -0.05) is 0 Å². The summed E-state index contributed by atoms with van der Waals surface area (Å²) in [6.45, 7) is 3.54. The second kappa shape index (κ2) is 7.69. The number of carbonyl (C=O) groups excluding carboxylic acids is 2. The molecule has 0 saturated carbocycles. The molecule has 1 aromatic carbocycles. The van der Waals surface area contributed by atoms with Crippen LogP contribution in [0.4, 0.5) is 14.9 Å². The lowest BCUT2D eigenvalue weighted by atomic mass is 10.1. The standard InChI is InChI=1S/C17H22FN3O4/c1-11(22)20-9-14-10-21(17(23)25-14)12-4-5-16(15(18)7-12)24-13-3-2-6-19-8-13/h4-5,7,13-14,19H,2-3,6,8-10H2,1H3,(H,20,22)/t13?,14-/m0/s1. The van der Waals surface area contributed by atoms with Crippen LogP contribution in [0.25, 0.3) is 0 Å². The number of benzene rings is 1. The van der Waals surface area contributed by atoms with E-state index in [1.165, 1.54) is 24.0 Å². The van der Waals surface area contributed by atoms with Gasteiger partial charge in [0, 0.05) is 19.5 Å². The lowest BCUT2D eigenvalue weighted by molar-refractivity contribution is -0.119. The first-order valence-electron chi connectivity index (χ1n) is 8.42. The second-order valence-electron chi connectivity index (χ2n) is 6.25. The summed E-state index contributed by atoms with van der Waals surface area (Å²) in [4.78, 5) is 24.3. The SMILES string of the molecule is CC(=O)NC[C@H]1CN(c2ccc(OC3CCCNC3)c(F)c2)C(=O)O1. The topological polar surface area (TPSA) is 79.9 Å². The molecule has 0 aliphatic carbocycles. The molecule has 25 heavy (non-hydrogen) atoms. The molecule has 136 valence electrons. The van der Waals surface area contributed by atoms with Gasteiger partial charge in [0.1, 0.15) is 12.2 Å². The number of cyclic esters (lactones) is 1. The minimum atomic E-state index is -0.556. The first-order chi connectivity index (χ1) is 12.0. The highest BCUT2D eigenvalue weighted by atomic mass is 19.1. The largest absolute Gasteiger partial charge is 0.486 e. The number of amides is 2. The van der Waals surface area contributed by atoms with Gasteiger partial charge in [0.05, 0.1) is 18.8 Å². The molecule has 3 rings (SSSR count). The van der Waals surface area contributed by atoms with Crippen molar-refractivity contribution in [2.45, 2.75) is 32.0 Å². The zero-order chi connectivity index (χ0) is 17.8. The predicted octanol–water partition coefficient (Wildman–Crippen LogP) is 1.42. The molecule has 8 heteroatoms. The lowest BCUT2D eigenvalue weighted by Crippen LogP contribution is -2.37. The first-order valence-corrected chi connectivity index (χ1v) is 8.42. The minimum Gasteiger partial charge on any atom is -0.486 e. The zero-order valence-corrected chi connectivity index (χ0v) is 14.1. The predicted molar refractivity (Wildman–Crippen MR) is 89.2 cm³/mol. The molecule has 0 radical (unpaired) electrons. The van der Waals surface area contributed by atoms with E-state index in [1.54, 1.807) is 6.07 Å². The maximum absolute atomic E-state index is 14.4. The molecule has 0 bridgehead atoms. The Morgan fingerprint density at radius 1 is 1.52 bits per heavy atom. The molecule has 1 unspecified atom stereocenters. The summed E-state index contributed by atoms with van der Waals surface area (Å²) in [7, 11) is 0. The van der Waals surface area contributed by atoms with E-state index in [2.05, 4.69) is 10.6 Å². The number of nitrogens with zero attached hydrogens (tertiary/aromatic N) is 1. The van der Waals surface area contributed by atoms with Crippen LogP contribution in [-0.2, 0) is 9.53 Å². The van der Waals surface area contributed by atoms with E-state index in [9.17, 15) is 14.0 Å². The Kier molecular flexibility index (Phi) is 5.37. The summed E-state index contributed by atoms with van der Waals surface area (Å²) in [5.41, 5.74) is 0.405. The van der Waals surface area contributed by atoms with Crippen molar-refractivity contribution in [1.82, 2.24) is 10.6 Å². The van der Waals surface area contributed by atoms with E-state index in [4.69, 9.17) is 9.47 Å². The Morgan fingerprint density at radius 2 is 2.36 bits per heavy atom. The third kappa shape index (κ3) is 4.39. The highest BCUT2D eigenvalue weighted by molar-refractivity contribution is 5.89. The van der Waals surface area contributed by atoms with Gasteiger partial charge < -0.3 is 20.1 Å². The van der Waals surface area contributed by atoms with Crippen LogP contribution in [0.5, 0.6) is 5.75 Å². The Labute approximate surface area is 145 Å². The molecule has 2 saturated heterocycles. The number of hydrogen-bond donors (Lipinski definition) is 2. The van der Waals surface area contributed by atoms with Crippen molar-refractivity contribution in [3.8, 4) is 5.75 Å². The number of piperidine rings is 1. The van der Waals surface area contributed by atoms with E-state index in [1.807, 2.05) is 0 Å². The summed E-state index contributed by atoms with van der Waals surface area (Å²) >= 11 is 0. The van der Waals surface area contributed by atoms with Gasteiger partial charge in [-0.15, -0.1) is 0 Å². The summed E-state index contributed by atoms with van der Waals surface area (Å²) in [5, 5.41) is 5.82. The van der Waals surface area contributed by atoms with E-state index >= 15 is 0 Å². The Bertz CT molecular complexity index is 649. The number of ether oxygens (including phenoxy) is 2. The Hall–Kier alpha value is -2.35.